The highest BCUT2D eigenvalue weighted by atomic mass is 35.7. The van der Waals surface area contributed by atoms with Gasteiger partial charge in [-0.05, 0) is 18.6 Å². The maximum atomic E-state index is 14.0. The fourth-order valence-electron chi connectivity index (χ4n) is 1.48. The summed E-state index contributed by atoms with van der Waals surface area (Å²) in [7, 11) is 0.743. The molecule has 0 unspecified atom stereocenters. The van der Waals surface area contributed by atoms with Crippen LogP contribution in [0.2, 0.25) is 5.02 Å². The molecule has 0 fully saturated rings. The summed E-state index contributed by atoms with van der Waals surface area (Å²) in [5, 5.41) is -0.119. The first kappa shape index (κ1) is 17.2. The van der Waals surface area contributed by atoms with Crippen molar-refractivity contribution in [2.75, 3.05) is 6.61 Å². The van der Waals surface area contributed by atoms with Crippen LogP contribution in [-0.2, 0) is 13.8 Å². The summed E-state index contributed by atoms with van der Waals surface area (Å²) in [4.78, 5) is 10.9. The lowest BCUT2D eigenvalue weighted by atomic mass is 10.2. The lowest BCUT2D eigenvalue weighted by molar-refractivity contribution is 0.0492. The second-order valence-corrected chi connectivity index (χ2v) is 7.02. The number of unbranched alkanes of at least 4 members (excludes halogenated alkanes) is 2. The van der Waals surface area contributed by atoms with Crippen molar-refractivity contribution in [3.63, 3.8) is 0 Å². The summed E-state index contributed by atoms with van der Waals surface area (Å²) < 4.78 is 41.2. The second kappa shape index (κ2) is 7.24. The van der Waals surface area contributed by atoms with Gasteiger partial charge in [-0.25, -0.2) is 17.6 Å². The third-order valence-electron chi connectivity index (χ3n) is 2.47. The molecule has 0 heterocycles. The van der Waals surface area contributed by atoms with Gasteiger partial charge in [0.15, 0.2) is 5.82 Å². The lowest BCUT2D eigenvalue weighted by Crippen LogP contribution is -2.11. The van der Waals surface area contributed by atoms with E-state index in [1.807, 2.05) is 6.92 Å². The average molecular weight is 343 g/mol. The Bertz CT molecular complexity index is 602. The monoisotopic (exact) mass is 342 g/mol. The van der Waals surface area contributed by atoms with E-state index in [1.165, 1.54) is 0 Å². The predicted octanol–water partition coefficient (Wildman–Crippen LogP) is 3.75. The Balaban J connectivity index is 3.01. The molecule has 1 aromatic rings. The SMILES string of the molecule is CCCCCOC(=O)c1cc(Cl)cc(S(=O)(=O)Cl)c1F. The van der Waals surface area contributed by atoms with Crippen molar-refractivity contribution >= 4 is 37.3 Å². The van der Waals surface area contributed by atoms with Crippen LogP contribution < -0.4 is 0 Å². The van der Waals surface area contributed by atoms with Crippen molar-refractivity contribution in [3.8, 4) is 0 Å². The van der Waals surface area contributed by atoms with Crippen LogP contribution in [0.4, 0.5) is 4.39 Å². The van der Waals surface area contributed by atoms with Gasteiger partial charge in [-0.15, -0.1) is 0 Å². The molecule has 20 heavy (non-hydrogen) atoms. The van der Waals surface area contributed by atoms with Crippen molar-refractivity contribution in [1.82, 2.24) is 0 Å². The highest BCUT2D eigenvalue weighted by Gasteiger charge is 2.24. The van der Waals surface area contributed by atoms with Gasteiger partial charge < -0.3 is 4.74 Å². The van der Waals surface area contributed by atoms with Crippen molar-refractivity contribution in [2.45, 2.75) is 31.1 Å². The van der Waals surface area contributed by atoms with Gasteiger partial charge in [-0.1, -0.05) is 31.4 Å². The minimum absolute atomic E-state index is 0.119. The molecule has 1 rings (SSSR count). The van der Waals surface area contributed by atoms with Crippen molar-refractivity contribution in [2.24, 2.45) is 0 Å². The van der Waals surface area contributed by atoms with Gasteiger partial charge in [0.05, 0.1) is 12.2 Å². The van der Waals surface area contributed by atoms with E-state index in [2.05, 4.69) is 0 Å². The first-order valence-corrected chi connectivity index (χ1v) is 8.57. The molecular formula is C12H13Cl2FO4S. The molecule has 0 saturated carbocycles. The van der Waals surface area contributed by atoms with Crippen molar-refractivity contribution in [1.29, 1.82) is 0 Å². The molecule has 0 amide bonds. The van der Waals surface area contributed by atoms with E-state index in [4.69, 9.17) is 27.0 Å². The summed E-state index contributed by atoms with van der Waals surface area (Å²) in [5.41, 5.74) is -0.548. The maximum Gasteiger partial charge on any atom is 0.341 e. The molecule has 0 aromatic heterocycles. The molecule has 1 aromatic carbocycles. The lowest BCUT2D eigenvalue weighted by Gasteiger charge is -2.08. The van der Waals surface area contributed by atoms with E-state index in [9.17, 15) is 17.6 Å². The average Bonchev–Trinajstić information content (AvgIpc) is 2.35. The Labute approximate surface area is 126 Å². The van der Waals surface area contributed by atoms with Crippen LogP contribution in [0.1, 0.15) is 36.5 Å². The van der Waals surface area contributed by atoms with Gasteiger partial charge in [0.1, 0.15) is 4.90 Å². The molecule has 0 aliphatic heterocycles. The van der Waals surface area contributed by atoms with Crippen LogP contribution in [-0.4, -0.2) is 21.0 Å². The number of halogens is 3. The van der Waals surface area contributed by atoms with E-state index >= 15 is 0 Å². The number of ether oxygens (including phenoxy) is 1. The zero-order valence-corrected chi connectivity index (χ0v) is 13.0. The van der Waals surface area contributed by atoms with Crippen LogP contribution in [0.5, 0.6) is 0 Å². The third kappa shape index (κ3) is 4.61. The molecule has 112 valence electrons. The van der Waals surface area contributed by atoms with Gasteiger partial charge in [-0.2, -0.15) is 0 Å². The zero-order chi connectivity index (χ0) is 15.3. The smallest absolute Gasteiger partial charge is 0.341 e. The normalized spacial score (nSPS) is 11.4. The Hall–Kier alpha value is -0.850. The van der Waals surface area contributed by atoms with Gasteiger partial charge in [0.25, 0.3) is 9.05 Å². The molecule has 0 radical (unpaired) electrons. The van der Waals surface area contributed by atoms with E-state index < -0.39 is 31.3 Å². The minimum Gasteiger partial charge on any atom is -0.462 e. The minimum atomic E-state index is -4.34. The Kier molecular flexibility index (Phi) is 6.23. The number of benzene rings is 1. The molecule has 0 bridgehead atoms. The zero-order valence-electron chi connectivity index (χ0n) is 10.7. The molecule has 8 heteroatoms. The molecule has 0 aliphatic rings. The highest BCUT2D eigenvalue weighted by Crippen LogP contribution is 2.26. The molecule has 0 saturated heterocycles. The summed E-state index contributed by atoms with van der Waals surface area (Å²) in [6.45, 7) is 2.11. The van der Waals surface area contributed by atoms with E-state index in [0.717, 1.165) is 25.0 Å². The van der Waals surface area contributed by atoms with Crippen LogP contribution in [0, 0.1) is 5.82 Å². The summed E-state index contributed by atoms with van der Waals surface area (Å²) >= 11 is 5.66. The van der Waals surface area contributed by atoms with Crippen LogP contribution >= 0.6 is 22.3 Å². The largest absolute Gasteiger partial charge is 0.462 e. The highest BCUT2D eigenvalue weighted by molar-refractivity contribution is 8.13. The van der Waals surface area contributed by atoms with Gasteiger partial charge in [0.2, 0.25) is 0 Å². The predicted molar refractivity (Wildman–Crippen MR) is 74.3 cm³/mol. The summed E-state index contributed by atoms with van der Waals surface area (Å²) in [6, 6.07) is 1.84. The Morgan fingerprint density at radius 3 is 2.55 bits per heavy atom. The van der Waals surface area contributed by atoms with Gasteiger partial charge in [-0.3, -0.25) is 0 Å². The number of carbonyl (C=O) groups is 1. The fourth-order valence-corrected chi connectivity index (χ4v) is 2.70. The summed E-state index contributed by atoms with van der Waals surface area (Å²) in [6.07, 6.45) is 2.45. The Morgan fingerprint density at radius 2 is 2.00 bits per heavy atom. The number of carbonyl (C=O) groups excluding carboxylic acids is 1. The first-order valence-electron chi connectivity index (χ1n) is 5.88. The quantitative estimate of drug-likeness (QED) is 0.448. The molecule has 0 atom stereocenters. The number of rotatable bonds is 6. The fraction of sp³-hybridized carbons (Fsp3) is 0.417. The standard InChI is InChI=1S/C12H13Cl2FO4S/c1-2-3-4-5-19-12(16)9-6-8(13)7-10(11(9)15)20(14,17)18/h6-7H,2-5H2,1H3. The van der Waals surface area contributed by atoms with Crippen molar-refractivity contribution < 1.29 is 22.3 Å². The Morgan fingerprint density at radius 1 is 1.35 bits per heavy atom. The number of esters is 1. The third-order valence-corrected chi connectivity index (χ3v) is 4.01. The van der Waals surface area contributed by atoms with Crippen LogP contribution in [0.3, 0.4) is 0 Å². The summed E-state index contributed by atoms with van der Waals surface area (Å²) in [5.74, 6) is -2.23. The molecule has 4 nitrogen and oxygen atoms in total. The van der Waals surface area contributed by atoms with Gasteiger partial charge >= 0.3 is 5.97 Å². The van der Waals surface area contributed by atoms with Crippen molar-refractivity contribution in [3.05, 3.63) is 28.5 Å². The van der Waals surface area contributed by atoms with E-state index in [-0.39, 0.29) is 11.6 Å². The van der Waals surface area contributed by atoms with Crippen LogP contribution in [0.25, 0.3) is 0 Å². The molecular weight excluding hydrogens is 330 g/mol. The first-order chi connectivity index (χ1) is 9.27. The number of hydrogen-bond acceptors (Lipinski definition) is 4. The topological polar surface area (TPSA) is 60.4 Å². The van der Waals surface area contributed by atoms with Gasteiger partial charge in [0, 0.05) is 15.7 Å². The number of hydrogen-bond donors (Lipinski definition) is 0. The van der Waals surface area contributed by atoms with E-state index in [0.29, 0.717) is 6.42 Å². The van der Waals surface area contributed by atoms with E-state index in [1.54, 1.807) is 0 Å². The molecule has 0 aliphatic carbocycles. The maximum absolute atomic E-state index is 14.0. The molecule has 0 spiro atoms. The van der Waals surface area contributed by atoms with Crippen LogP contribution in [0.15, 0.2) is 17.0 Å². The second-order valence-electron chi connectivity index (χ2n) is 4.05. The molecule has 0 N–H and O–H groups in total.